The van der Waals surface area contributed by atoms with E-state index in [4.69, 9.17) is 4.74 Å². The molecule has 1 aliphatic rings. The first kappa shape index (κ1) is 20.7. The van der Waals surface area contributed by atoms with Crippen LogP contribution in [0, 0.1) is 0 Å². The van der Waals surface area contributed by atoms with Gasteiger partial charge in [-0.3, -0.25) is 9.59 Å². The Morgan fingerprint density at radius 3 is 2.67 bits per heavy atom. The lowest BCUT2D eigenvalue weighted by Crippen LogP contribution is -2.44. The highest BCUT2D eigenvalue weighted by molar-refractivity contribution is 6.32. The molecule has 0 bridgehead atoms. The van der Waals surface area contributed by atoms with Crippen molar-refractivity contribution >= 4 is 40.9 Å². The Labute approximate surface area is 162 Å². The molecule has 2 atom stereocenters. The van der Waals surface area contributed by atoms with Crippen LogP contribution in [0.25, 0.3) is 10.8 Å². The number of nitrogens with one attached hydrogen (secondary N) is 3. The van der Waals surface area contributed by atoms with E-state index in [0.29, 0.717) is 17.6 Å². The van der Waals surface area contributed by atoms with Gasteiger partial charge in [0.25, 0.3) is 5.56 Å². The first-order chi connectivity index (χ1) is 12.6. The van der Waals surface area contributed by atoms with Gasteiger partial charge in [0.05, 0.1) is 12.0 Å². The van der Waals surface area contributed by atoms with Gasteiger partial charge < -0.3 is 15.4 Å². The predicted molar refractivity (Wildman–Crippen MR) is 104 cm³/mol. The Balaban J connectivity index is 0.00000261. The van der Waals surface area contributed by atoms with Gasteiger partial charge in [-0.15, -0.1) is 12.4 Å². The number of ether oxygens (including phenoxy) is 1. The fraction of sp³-hybridized carbons (Fsp3) is 0.444. The molecule has 1 aliphatic carbocycles. The van der Waals surface area contributed by atoms with Crippen LogP contribution < -0.4 is 16.2 Å². The van der Waals surface area contributed by atoms with Crippen molar-refractivity contribution in [3.63, 3.8) is 0 Å². The number of carbonyl (C=O) groups excluding carboxylic acids is 2. The largest absolute Gasteiger partial charge is 0.459 e. The number of nitrogens with zero attached hydrogens (tertiary/aromatic N) is 1. The minimum atomic E-state index is -0.851. The third-order valence-corrected chi connectivity index (χ3v) is 4.51. The van der Waals surface area contributed by atoms with Crippen molar-refractivity contribution in [1.82, 2.24) is 15.5 Å². The topological polar surface area (TPSA) is 113 Å². The second-order valence-corrected chi connectivity index (χ2v) is 6.35. The molecule has 0 spiro atoms. The number of aromatic amines is 1. The van der Waals surface area contributed by atoms with Gasteiger partial charge in [-0.05, 0) is 38.7 Å². The molecule has 9 heteroatoms. The van der Waals surface area contributed by atoms with E-state index in [-0.39, 0.29) is 36.7 Å². The minimum absolute atomic E-state index is 0. The molecule has 3 N–H and O–H groups in total. The Morgan fingerprint density at radius 2 is 1.93 bits per heavy atom. The summed E-state index contributed by atoms with van der Waals surface area (Å²) in [7, 11) is 0. The fourth-order valence-electron chi connectivity index (χ4n) is 3.31. The van der Waals surface area contributed by atoms with Crippen LogP contribution >= 0.6 is 12.4 Å². The van der Waals surface area contributed by atoms with E-state index >= 15 is 0 Å². The maximum Gasteiger partial charge on any atom is 0.396 e. The summed E-state index contributed by atoms with van der Waals surface area (Å²) in [6, 6.07) is 7.25. The fourth-order valence-corrected chi connectivity index (χ4v) is 3.31. The summed E-state index contributed by atoms with van der Waals surface area (Å²) in [6.45, 7) is 1.83. The van der Waals surface area contributed by atoms with E-state index in [9.17, 15) is 14.4 Å². The Morgan fingerprint density at radius 1 is 1.22 bits per heavy atom. The van der Waals surface area contributed by atoms with Gasteiger partial charge in [0.15, 0.2) is 5.82 Å². The number of rotatable bonds is 4. The summed E-state index contributed by atoms with van der Waals surface area (Å²) in [4.78, 5) is 35.2. The third kappa shape index (κ3) is 4.97. The SMILES string of the molecule is CCOC(=O)C(=O)NC1CCCC(Nc2n[nH]c(=O)c3ccccc23)C1.Cl. The van der Waals surface area contributed by atoms with Crippen molar-refractivity contribution < 1.29 is 14.3 Å². The second kappa shape index (κ2) is 9.36. The van der Waals surface area contributed by atoms with E-state index in [0.717, 1.165) is 24.6 Å². The number of amides is 1. The van der Waals surface area contributed by atoms with Gasteiger partial charge in [-0.2, -0.15) is 5.10 Å². The summed E-state index contributed by atoms with van der Waals surface area (Å²) in [6.07, 6.45) is 3.30. The van der Waals surface area contributed by atoms with E-state index < -0.39 is 11.9 Å². The lowest BCUT2D eigenvalue weighted by molar-refractivity contribution is -0.155. The molecule has 1 saturated carbocycles. The van der Waals surface area contributed by atoms with Crippen LogP contribution in [-0.2, 0) is 14.3 Å². The second-order valence-electron chi connectivity index (χ2n) is 6.35. The number of hydrogen-bond donors (Lipinski definition) is 3. The summed E-state index contributed by atoms with van der Waals surface area (Å²) in [5, 5.41) is 14.1. The number of aromatic nitrogens is 2. The maximum atomic E-state index is 11.9. The average Bonchev–Trinajstić information content (AvgIpc) is 2.65. The third-order valence-electron chi connectivity index (χ3n) is 4.51. The number of anilines is 1. The van der Waals surface area contributed by atoms with Crippen molar-refractivity contribution in [3.8, 4) is 0 Å². The van der Waals surface area contributed by atoms with Crippen LogP contribution in [0.5, 0.6) is 0 Å². The quantitative estimate of drug-likeness (QED) is 0.537. The number of H-pyrrole nitrogens is 1. The molecule has 0 saturated heterocycles. The molecule has 1 heterocycles. The van der Waals surface area contributed by atoms with Gasteiger partial charge in [0, 0.05) is 17.5 Å². The Hall–Kier alpha value is -2.61. The van der Waals surface area contributed by atoms with E-state index in [1.54, 1.807) is 13.0 Å². The molecule has 1 amide bonds. The molecular weight excluding hydrogens is 372 g/mol. The smallest absolute Gasteiger partial charge is 0.396 e. The predicted octanol–water partition coefficient (Wildman–Crippen LogP) is 1.75. The maximum absolute atomic E-state index is 11.9. The number of esters is 1. The minimum Gasteiger partial charge on any atom is -0.459 e. The number of fused-ring (bicyclic) bond motifs is 1. The lowest BCUT2D eigenvalue weighted by Gasteiger charge is -2.30. The number of hydrogen-bond acceptors (Lipinski definition) is 6. The molecule has 1 fully saturated rings. The average molecular weight is 395 g/mol. The molecule has 8 nitrogen and oxygen atoms in total. The molecule has 0 radical (unpaired) electrons. The normalized spacial score (nSPS) is 19.0. The van der Waals surface area contributed by atoms with Crippen molar-refractivity contribution in [3.05, 3.63) is 34.6 Å². The molecule has 146 valence electrons. The van der Waals surface area contributed by atoms with E-state index in [1.807, 2.05) is 18.2 Å². The van der Waals surface area contributed by atoms with Crippen LogP contribution in [0.3, 0.4) is 0 Å². The monoisotopic (exact) mass is 394 g/mol. The first-order valence-corrected chi connectivity index (χ1v) is 8.80. The molecule has 3 rings (SSSR count). The Bertz CT molecular complexity index is 870. The van der Waals surface area contributed by atoms with E-state index in [2.05, 4.69) is 20.8 Å². The summed E-state index contributed by atoms with van der Waals surface area (Å²) >= 11 is 0. The van der Waals surface area contributed by atoms with Gasteiger partial charge >= 0.3 is 11.9 Å². The standard InChI is InChI=1S/C18H22N4O4.ClH/c1-2-26-18(25)17(24)20-12-7-5-6-11(10-12)19-15-13-8-3-4-9-14(13)16(23)22-21-15;/h3-4,8-9,11-12H,2,5-7,10H2,1H3,(H,19,21)(H,20,24)(H,22,23);1H. The van der Waals surface area contributed by atoms with Gasteiger partial charge in [0.1, 0.15) is 0 Å². The molecule has 27 heavy (non-hydrogen) atoms. The lowest BCUT2D eigenvalue weighted by atomic mass is 9.91. The van der Waals surface area contributed by atoms with Crippen molar-refractivity contribution in [2.45, 2.75) is 44.7 Å². The zero-order valence-corrected chi connectivity index (χ0v) is 15.8. The van der Waals surface area contributed by atoms with E-state index in [1.165, 1.54) is 0 Å². The Kier molecular flexibility index (Phi) is 7.18. The van der Waals surface area contributed by atoms with Gasteiger partial charge in [-0.1, -0.05) is 18.2 Å². The van der Waals surface area contributed by atoms with Crippen LogP contribution in [0.1, 0.15) is 32.6 Å². The zero-order chi connectivity index (χ0) is 18.5. The van der Waals surface area contributed by atoms with Crippen molar-refractivity contribution in [1.29, 1.82) is 0 Å². The highest BCUT2D eigenvalue weighted by Gasteiger charge is 2.26. The van der Waals surface area contributed by atoms with Crippen molar-refractivity contribution in [2.24, 2.45) is 0 Å². The van der Waals surface area contributed by atoms with Crippen LogP contribution in [0.4, 0.5) is 5.82 Å². The highest BCUT2D eigenvalue weighted by Crippen LogP contribution is 2.24. The summed E-state index contributed by atoms with van der Waals surface area (Å²) < 4.78 is 4.72. The van der Waals surface area contributed by atoms with Crippen LogP contribution in [0.2, 0.25) is 0 Å². The molecule has 1 aromatic carbocycles. The van der Waals surface area contributed by atoms with Crippen molar-refractivity contribution in [2.75, 3.05) is 11.9 Å². The van der Waals surface area contributed by atoms with Crippen LogP contribution in [-0.4, -0.2) is 40.8 Å². The molecule has 0 aliphatic heterocycles. The number of halogens is 1. The zero-order valence-electron chi connectivity index (χ0n) is 15.0. The highest BCUT2D eigenvalue weighted by atomic mass is 35.5. The van der Waals surface area contributed by atoms with Crippen LogP contribution in [0.15, 0.2) is 29.1 Å². The number of carbonyl (C=O) groups is 2. The molecule has 1 aromatic heterocycles. The summed E-state index contributed by atoms with van der Waals surface area (Å²) in [5.74, 6) is -0.941. The first-order valence-electron chi connectivity index (χ1n) is 8.80. The molecule has 2 aromatic rings. The summed E-state index contributed by atoms with van der Waals surface area (Å²) in [5.41, 5.74) is -0.227. The van der Waals surface area contributed by atoms with Gasteiger partial charge in [-0.25, -0.2) is 9.89 Å². The van der Waals surface area contributed by atoms with Gasteiger partial charge in [0.2, 0.25) is 0 Å². The molecule has 2 unspecified atom stereocenters. The molecular formula is C18H23ClN4O4. The number of benzene rings is 1.